The Morgan fingerprint density at radius 1 is 1.16 bits per heavy atom. The van der Waals surface area contributed by atoms with E-state index in [0.29, 0.717) is 31.5 Å². The molecular weight excluding hydrogens is 320 g/mol. The number of aromatic amines is 1. The minimum atomic E-state index is -0.230. The highest BCUT2D eigenvalue weighted by atomic mass is 16.2. The number of carbonyl (C=O) groups excluding carboxylic acids is 3. The molecule has 4 amide bonds. The van der Waals surface area contributed by atoms with Crippen LogP contribution in [-0.4, -0.2) is 70.3 Å². The molecule has 0 atom stereocenters. The van der Waals surface area contributed by atoms with E-state index < -0.39 is 0 Å². The van der Waals surface area contributed by atoms with Crippen LogP contribution < -0.4 is 0 Å². The third-order valence-electron chi connectivity index (χ3n) is 5.22. The number of urea groups is 1. The largest absolute Gasteiger partial charge is 0.360 e. The Morgan fingerprint density at radius 3 is 2.56 bits per heavy atom. The van der Waals surface area contributed by atoms with E-state index in [1.54, 1.807) is 11.1 Å². The summed E-state index contributed by atoms with van der Waals surface area (Å²) in [6, 6.07) is 7.54. The van der Waals surface area contributed by atoms with Crippen molar-refractivity contribution in [2.75, 3.05) is 26.7 Å². The second kappa shape index (κ2) is 5.91. The first-order chi connectivity index (χ1) is 12.1. The zero-order valence-electron chi connectivity index (χ0n) is 14.1. The Morgan fingerprint density at radius 2 is 1.88 bits per heavy atom. The van der Waals surface area contributed by atoms with Crippen LogP contribution in [0.1, 0.15) is 23.2 Å². The Hall–Kier alpha value is -2.83. The first-order valence-corrected chi connectivity index (χ1v) is 8.49. The highest BCUT2D eigenvalue weighted by molar-refractivity contribution is 6.06. The van der Waals surface area contributed by atoms with Crippen molar-refractivity contribution in [2.45, 2.75) is 18.9 Å². The van der Waals surface area contributed by atoms with Gasteiger partial charge in [-0.05, 0) is 18.9 Å². The van der Waals surface area contributed by atoms with Crippen LogP contribution >= 0.6 is 0 Å². The van der Waals surface area contributed by atoms with E-state index in [4.69, 9.17) is 0 Å². The molecular formula is C18H20N4O3. The van der Waals surface area contributed by atoms with Gasteiger partial charge >= 0.3 is 6.03 Å². The summed E-state index contributed by atoms with van der Waals surface area (Å²) in [6.45, 7) is 1.33. The molecule has 3 heterocycles. The maximum absolute atomic E-state index is 12.8. The lowest BCUT2D eigenvalue weighted by molar-refractivity contribution is -0.124. The molecule has 4 rings (SSSR count). The molecule has 0 unspecified atom stereocenters. The highest BCUT2D eigenvalue weighted by Gasteiger charge is 2.39. The van der Waals surface area contributed by atoms with E-state index in [1.807, 2.05) is 29.2 Å². The number of rotatable bonds is 2. The van der Waals surface area contributed by atoms with Crippen LogP contribution in [0.4, 0.5) is 4.79 Å². The summed E-state index contributed by atoms with van der Waals surface area (Å²) in [6.07, 6.45) is 3.15. The summed E-state index contributed by atoms with van der Waals surface area (Å²) < 4.78 is 0. The number of hydrogen-bond donors (Lipinski definition) is 1. The SMILES string of the molecule is CN1C(=O)CN(C2CCN(C(=O)c3c[nH]c4ccccc34)CC2)C1=O. The molecule has 2 aromatic rings. The number of aromatic nitrogens is 1. The number of hydrogen-bond acceptors (Lipinski definition) is 3. The molecule has 1 aromatic carbocycles. The summed E-state index contributed by atoms with van der Waals surface area (Å²) in [5.41, 5.74) is 1.63. The predicted molar refractivity (Wildman–Crippen MR) is 92.1 cm³/mol. The van der Waals surface area contributed by atoms with E-state index in [1.165, 1.54) is 11.9 Å². The van der Waals surface area contributed by atoms with E-state index in [2.05, 4.69) is 4.98 Å². The number of para-hydroxylation sites is 1. The molecule has 25 heavy (non-hydrogen) atoms. The molecule has 7 nitrogen and oxygen atoms in total. The third-order valence-corrected chi connectivity index (χ3v) is 5.22. The summed E-state index contributed by atoms with van der Waals surface area (Å²) in [7, 11) is 1.51. The van der Waals surface area contributed by atoms with Crippen molar-refractivity contribution in [3.8, 4) is 0 Å². The molecule has 2 saturated heterocycles. The maximum Gasteiger partial charge on any atom is 0.327 e. The average molecular weight is 340 g/mol. The lowest BCUT2D eigenvalue weighted by atomic mass is 10.0. The van der Waals surface area contributed by atoms with Crippen LogP contribution in [-0.2, 0) is 4.79 Å². The Balaban J connectivity index is 1.44. The minimum Gasteiger partial charge on any atom is -0.360 e. The van der Waals surface area contributed by atoms with Crippen molar-refractivity contribution < 1.29 is 14.4 Å². The molecule has 0 spiro atoms. The second-order valence-corrected chi connectivity index (χ2v) is 6.63. The quantitative estimate of drug-likeness (QED) is 0.845. The number of likely N-dealkylation sites (N-methyl/N-ethyl adjacent to an activating group) is 1. The minimum absolute atomic E-state index is 0.0110. The number of carbonyl (C=O) groups is 3. The lowest BCUT2D eigenvalue weighted by Crippen LogP contribution is -2.47. The number of piperidine rings is 1. The Kier molecular flexibility index (Phi) is 3.71. The van der Waals surface area contributed by atoms with Gasteiger partial charge in [-0.2, -0.15) is 0 Å². The standard InChI is InChI=1S/C18H20N4O3/c1-20-16(23)11-22(18(20)25)12-6-8-21(9-7-12)17(24)14-10-19-15-5-3-2-4-13(14)15/h2-5,10,12,19H,6-9,11H2,1H3. The molecule has 2 aliphatic rings. The fourth-order valence-electron chi connectivity index (χ4n) is 3.70. The van der Waals surface area contributed by atoms with Crippen molar-refractivity contribution >= 4 is 28.7 Å². The maximum atomic E-state index is 12.8. The third kappa shape index (κ3) is 2.56. The van der Waals surface area contributed by atoms with Gasteiger partial charge in [0.05, 0.1) is 5.56 Å². The zero-order valence-corrected chi connectivity index (χ0v) is 14.1. The lowest BCUT2D eigenvalue weighted by Gasteiger charge is -2.36. The van der Waals surface area contributed by atoms with Crippen molar-refractivity contribution in [3.05, 3.63) is 36.0 Å². The molecule has 0 bridgehead atoms. The van der Waals surface area contributed by atoms with Crippen LogP contribution in [0.3, 0.4) is 0 Å². The van der Waals surface area contributed by atoms with Crippen molar-refractivity contribution in [1.82, 2.24) is 19.7 Å². The van der Waals surface area contributed by atoms with E-state index in [-0.39, 0.29) is 30.4 Å². The number of benzene rings is 1. The summed E-state index contributed by atoms with van der Waals surface area (Å²) in [5, 5.41) is 0.927. The topological polar surface area (TPSA) is 76.7 Å². The van der Waals surface area contributed by atoms with Gasteiger partial charge in [-0.1, -0.05) is 18.2 Å². The number of likely N-dealkylation sites (tertiary alicyclic amines) is 1. The number of nitrogens with one attached hydrogen (secondary N) is 1. The summed E-state index contributed by atoms with van der Waals surface area (Å²) in [5.74, 6) is -0.154. The molecule has 0 saturated carbocycles. The van der Waals surface area contributed by atoms with Crippen LogP contribution in [0.5, 0.6) is 0 Å². The Bertz CT molecular complexity index is 851. The van der Waals surface area contributed by atoms with Gasteiger partial charge < -0.3 is 14.8 Å². The van der Waals surface area contributed by atoms with Gasteiger partial charge in [0.1, 0.15) is 6.54 Å². The smallest absolute Gasteiger partial charge is 0.327 e. The summed E-state index contributed by atoms with van der Waals surface area (Å²) in [4.78, 5) is 44.4. The molecule has 2 aliphatic heterocycles. The number of amides is 4. The molecule has 2 fully saturated rings. The van der Waals surface area contributed by atoms with Crippen LogP contribution in [0, 0.1) is 0 Å². The van der Waals surface area contributed by atoms with Gasteiger partial charge in [-0.25, -0.2) is 4.79 Å². The van der Waals surface area contributed by atoms with Crippen molar-refractivity contribution in [2.24, 2.45) is 0 Å². The molecule has 0 radical (unpaired) electrons. The summed E-state index contributed by atoms with van der Waals surface area (Å²) >= 11 is 0. The van der Waals surface area contributed by atoms with Gasteiger partial charge in [0.2, 0.25) is 5.91 Å². The second-order valence-electron chi connectivity index (χ2n) is 6.63. The first-order valence-electron chi connectivity index (χ1n) is 8.49. The van der Waals surface area contributed by atoms with Crippen LogP contribution in [0.2, 0.25) is 0 Å². The Labute approximate surface area is 145 Å². The normalized spacial score (nSPS) is 19.3. The van der Waals surface area contributed by atoms with E-state index in [0.717, 1.165) is 10.9 Å². The fourth-order valence-corrected chi connectivity index (χ4v) is 3.70. The van der Waals surface area contributed by atoms with Gasteiger partial charge in [-0.15, -0.1) is 0 Å². The highest BCUT2D eigenvalue weighted by Crippen LogP contribution is 2.24. The van der Waals surface area contributed by atoms with E-state index in [9.17, 15) is 14.4 Å². The predicted octanol–water partition coefficient (Wildman–Crippen LogP) is 1.67. The van der Waals surface area contributed by atoms with E-state index >= 15 is 0 Å². The molecule has 1 N–H and O–H groups in total. The molecule has 0 aliphatic carbocycles. The van der Waals surface area contributed by atoms with Gasteiger partial charge in [0, 0.05) is 43.3 Å². The number of fused-ring (bicyclic) bond motifs is 1. The van der Waals surface area contributed by atoms with Crippen molar-refractivity contribution in [1.29, 1.82) is 0 Å². The van der Waals surface area contributed by atoms with Crippen molar-refractivity contribution in [3.63, 3.8) is 0 Å². The van der Waals surface area contributed by atoms with Gasteiger partial charge in [-0.3, -0.25) is 14.5 Å². The fraction of sp³-hybridized carbons (Fsp3) is 0.389. The van der Waals surface area contributed by atoms with Crippen LogP contribution in [0.25, 0.3) is 10.9 Å². The molecule has 130 valence electrons. The average Bonchev–Trinajstić information content (AvgIpc) is 3.18. The van der Waals surface area contributed by atoms with Crippen LogP contribution in [0.15, 0.2) is 30.5 Å². The number of nitrogens with zero attached hydrogens (tertiary/aromatic N) is 3. The molecule has 7 heteroatoms. The van der Waals surface area contributed by atoms with Gasteiger partial charge in [0.25, 0.3) is 5.91 Å². The zero-order chi connectivity index (χ0) is 17.6. The molecule has 1 aromatic heterocycles. The number of H-pyrrole nitrogens is 1. The number of imide groups is 1. The van der Waals surface area contributed by atoms with Gasteiger partial charge in [0.15, 0.2) is 0 Å². The monoisotopic (exact) mass is 340 g/mol. The first kappa shape index (κ1) is 15.7.